The van der Waals surface area contributed by atoms with Gasteiger partial charge in [0.2, 0.25) is 0 Å². The molecule has 0 aromatic rings. The first-order valence-corrected chi connectivity index (χ1v) is 7.28. The molecule has 2 fully saturated rings. The summed E-state index contributed by atoms with van der Waals surface area (Å²) in [4.78, 5) is 2.71. The highest BCUT2D eigenvalue weighted by atomic mass is 16.5. The Balaban J connectivity index is 1.92. The predicted octanol–water partition coefficient (Wildman–Crippen LogP) is 2.00. The van der Waals surface area contributed by atoms with Gasteiger partial charge in [-0.25, -0.2) is 0 Å². The Bertz CT molecular complexity index is 228. The van der Waals surface area contributed by atoms with Gasteiger partial charge in [-0.2, -0.15) is 0 Å². The fourth-order valence-corrected chi connectivity index (χ4v) is 3.66. The number of rotatable bonds is 5. The largest absolute Gasteiger partial charge is 0.381 e. The lowest BCUT2D eigenvalue weighted by Crippen LogP contribution is -2.55. The molecule has 0 amide bonds. The van der Waals surface area contributed by atoms with E-state index in [0.29, 0.717) is 6.10 Å². The van der Waals surface area contributed by atoms with Gasteiger partial charge >= 0.3 is 0 Å². The van der Waals surface area contributed by atoms with Crippen LogP contribution in [0.1, 0.15) is 45.4 Å². The average molecular weight is 240 g/mol. The van der Waals surface area contributed by atoms with Gasteiger partial charge in [0.15, 0.2) is 0 Å². The van der Waals surface area contributed by atoms with Crippen molar-refractivity contribution in [2.45, 2.75) is 63.6 Å². The van der Waals surface area contributed by atoms with Crippen LogP contribution in [0.2, 0.25) is 0 Å². The lowest BCUT2D eigenvalue weighted by Gasteiger charge is -2.48. The van der Waals surface area contributed by atoms with Gasteiger partial charge in [0.1, 0.15) is 0 Å². The molecule has 2 atom stereocenters. The molecule has 0 saturated heterocycles. The topological polar surface area (TPSA) is 38.5 Å². The van der Waals surface area contributed by atoms with Crippen LogP contribution in [0, 0.1) is 5.92 Å². The third kappa shape index (κ3) is 2.83. The van der Waals surface area contributed by atoms with Gasteiger partial charge in [0.25, 0.3) is 0 Å². The first-order valence-electron chi connectivity index (χ1n) is 7.28. The average Bonchev–Trinajstić information content (AvgIpc) is 2.33. The third-order valence-electron chi connectivity index (χ3n) is 4.84. The Kier molecular flexibility index (Phi) is 4.83. The molecule has 2 saturated carbocycles. The zero-order valence-electron chi connectivity index (χ0n) is 11.4. The van der Waals surface area contributed by atoms with Crippen molar-refractivity contribution in [2.75, 3.05) is 20.2 Å². The van der Waals surface area contributed by atoms with Crippen LogP contribution in [0.3, 0.4) is 0 Å². The molecule has 3 heteroatoms. The lowest BCUT2D eigenvalue weighted by atomic mass is 9.79. The maximum Gasteiger partial charge on any atom is 0.0601 e. The molecule has 2 unspecified atom stereocenters. The summed E-state index contributed by atoms with van der Waals surface area (Å²) in [5.41, 5.74) is 5.95. The Morgan fingerprint density at radius 1 is 1.24 bits per heavy atom. The van der Waals surface area contributed by atoms with Gasteiger partial charge in [-0.15, -0.1) is 0 Å². The summed E-state index contributed by atoms with van der Waals surface area (Å²) in [5, 5.41) is 0. The van der Waals surface area contributed by atoms with Crippen LogP contribution < -0.4 is 5.73 Å². The normalized spacial score (nSPS) is 38.1. The van der Waals surface area contributed by atoms with Crippen molar-refractivity contribution < 1.29 is 4.74 Å². The summed E-state index contributed by atoms with van der Waals surface area (Å²) in [5.74, 6) is 0.727. The zero-order valence-corrected chi connectivity index (χ0v) is 11.4. The number of methoxy groups -OCH3 is 1. The second-order valence-corrected chi connectivity index (χ2v) is 5.66. The Morgan fingerprint density at radius 3 is 2.53 bits per heavy atom. The van der Waals surface area contributed by atoms with Crippen molar-refractivity contribution in [1.82, 2.24) is 4.90 Å². The second kappa shape index (κ2) is 6.17. The number of ether oxygens (including phenoxy) is 1. The molecule has 0 aromatic heterocycles. The van der Waals surface area contributed by atoms with Gasteiger partial charge in [0.05, 0.1) is 6.10 Å². The van der Waals surface area contributed by atoms with Gasteiger partial charge in [-0.1, -0.05) is 19.8 Å². The molecule has 2 rings (SSSR count). The molecule has 2 N–H and O–H groups in total. The minimum atomic E-state index is 0.508. The highest BCUT2D eigenvalue weighted by Gasteiger charge is 2.38. The van der Waals surface area contributed by atoms with Gasteiger partial charge < -0.3 is 10.5 Å². The highest BCUT2D eigenvalue weighted by molar-refractivity contribution is 4.93. The molecule has 2 aliphatic rings. The first-order chi connectivity index (χ1) is 8.30. The van der Waals surface area contributed by atoms with E-state index in [4.69, 9.17) is 10.5 Å². The van der Waals surface area contributed by atoms with Gasteiger partial charge in [-0.3, -0.25) is 4.90 Å². The van der Waals surface area contributed by atoms with E-state index in [1.165, 1.54) is 45.1 Å². The van der Waals surface area contributed by atoms with E-state index in [1.54, 1.807) is 0 Å². The highest BCUT2D eigenvalue weighted by Crippen LogP contribution is 2.35. The van der Waals surface area contributed by atoms with Crippen molar-refractivity contribution in [3.8, 4) is 0 Å². The minimum absolute atomic E-state index is 0.508. The SMILES string of the molecule is CCN(C1CC(OC)C1)C1CCCCC1CN. The van der Waals surface area contributed by atoms with E-state index >= 15 is 0 Å². The van der Waals surface area contributed by atoms with Crippen molar-refractivity contribution in [1.29, 1.82) is 0 Å². The van der Waals surface area contributed by atoms with Crippen LogP contribution in [0.15, 0.2) is 0 Å². The fraction of sp³-hybridized carbons (Fsp3) is 1.00. The van der Waals surface area contributed by atoms with Crippen LogP contribution in [-0.4, -0.2) is 43.3 Å². The molecular weight excluding hydrogens is 212 g/mol. The lowest BCUT2D eigenvalue weighted by molar-refractivity contribution is -0.0528. The molecular formula is C14H28N2O. The first kappa shape index (κ1) is 13.3. The number of hydrogen-bond acceptors (Lipinski definition) is 3. The summed E-state index contributed by atoms with van der Waals surface area (Å²) in [6.07, 6.45) is 8.39. The fourth-order valence-electron chi connectivity index (χ4n) is 3.66. The number of hydrogen-bond donors (Lipinski definition) is 1. The summed E-state index contributed by atoms with van der Waals surface area (Å²) in [6, 6.07) is 1.49. The Hall–Kier alpha value is -0.120. The standard InChI is InChI=1S/C14H28N2O/c1-3-16(12-8-13(9-12)17-2)14-7-5-4-6-11(14)10-15/h11-14H,3-10,15H2,1-2H3. The maximum atomic E-state index is 5.95. The van der Waals surface area contributed by atoms with E-state index in [1.807, 2.05) is 7.11 Å². The molecule has 3 nitrogen and oxygen atoms in total. The van der Waals surface area contributed by atoms with E-state index < -0.39 is 0 Å². The molecule has 0 spiro atoms. The summed E-state index contributed by atoms with van der Waals surface area (Å²) in [6.45, 7) is 4.33. The van der Waals surface area contributed by atoms with Crippen LogP contribution in [0.25, 0.3) is 0 Å². The third-order valence-corrected chi connectivity index (χ3v) is 4.84. The summed E-state index contributed by atoms with van der Waals surface area (Å²) in [7, 11) is 1.83. The quantitative estimate of drug-likeness (QED) is 0.799. The second-order valence-electron chi connectivity index (χ2n) is 5.66. The smallest absolute Gasteiger partial charge is 0.0601 e. The van der Waals surface area contributed by atoms with E-state index in [0.717, 1.165) is 24.5 Å². The molecule has 100 valence electrons. The molecule has 0 aliphatic heterocycles. The van der Waals surface area contributed by atoms with Crippen LogP contribution in [-0.2, 0) is 4.74 Å². The molecule has 2 aliphatic carbocycles. The summed E-state index contributed by atoms with van der Waals surface area (Å²) >= 11 is 0. The summed E-state index contributed by atoms with van der Waals surface area (Å²) < 4.78 is 5.40. The minimum Gasteiger partial charge on any atom is -0.381 e. The van der Waals surface area contributed by atoms with Crippen molar-refractivity contribution in [3.05, 3.63) is 0 Å². The van der Waals surface area contributed by atoms with Crippen LogP contribution >= 0.6 is 0 Å². The van der Waals surface area contributed by atoms with Crippen LogP contribution in [0.4, 0.5) is 0 Å². The van der Waals surface area contributed by atoms with Gasteiger partial charge in [0, 0.05) is 19.2 Å². The van der Waals surface area contributed by atoms with E-state index in [2.05, 4.69) is 11.8 Å². The molecule has 0 aromatic carbocycles. The maximum absolute atomic E-state index is 5.95. The van der Waals surface area contributed by atoms with Crippen molar-refractivity contribution in [3.63, 3.8) is 0 Å². The Labute approximate surface area is 106 Å². The zero-order chi connectivity index (χ0) is 12.3. The molecule has 0 bridgehead atoms. The number of nitrogens with two attached hydrogens (primary N) is 1. The monoisotopic (exact) mass is 240 g/mol. The number of nitrogens with zero attached hydrogens (tertiary/aromatic N) is 1. The molecule has 0 heterocycles. The molecule has 0 radical (unpaired) electrons. The van der Waals surface area contributed by atoms with E-state index in [9.17, 15) is 0 Å². The predicted molar refractivity (Wildman–Crippen MR) is 71.0 cm³/mol. The van der Waals surface area contributed by atoms with E-state index in [-0.39, 0.29) is 0 Å². The Morgan fingerprint density at radius 2 is 1.94 bits per heavy atom. The van der Waals surface area contributed by atoms with Crippen molar-refractivity contribution in [2.24, 2.45) is 11.7 Å². The van der Waals surface area contributed by atoms with Crippen molar-refractivity contribution >= 4 is 0 Å². The van der Waals surface area contributed by atoms with Gasteiger partial charge in [-0.05, 0) is 44.7 Å². The van der Waals surface area contributed by atoms with Crippen LogP contribution in [0.5, 0.6) is 0 Å². The molecule has 17 heavy (non-hydrogen) atoms.